The summed E-state index contributed by atoms with van der Waals surface area (Å²) < 4.78 is 0. The summed E-state index contributed by atoms with van der Waals surface area (Å²) in [6.45, 7) is 3.95. The van der Waals surface area contributed by atoms with E-state index in [4.69, 9.17) is 0 Å². The van der Waals surface area contributed by atoms with E-state index in [-0.39, 0.29) is 42.8 Å². The molecule has 1 atom stereocenters. The van der Waals surface area contributed by atoms with E-state index >= 15 is 0 Å². The highest BCUT2D eigenvalue weighted by molar-refractivity contribution is 7.13. The quantitative estimate of drug-likeness (QED) is 0.406. The van der Waals surface area contributed by atoms with Crippen molar-refractivity contribution in [1.29, 1.82) is 0 Å². The molecule has 4 rings (SSSR count). The average molecular weight is 505 g/mol. The van der Waals surface area contributed by atoms with Crippen molar-refractivity contribution in [1.82, 2.24) is 15.2 Å². The van der Waals surface area contributed by atoms with Crippen LogP contribution < -0.4 is 10.6 Å². The lowest BCUT2D eigenvalue weighted by Gasteiger charge is -2.21. The first kappa shape index (κ1) is 25.6. The van der Waals surface area contributed by atoms with Gasteiger partial charge in [0.05, 0.1) is 12.1 Å². The van der Waals surface area contributed by atoms with Gasteiger partial charge in [-0.1, -0.05) is 48.0 Å². The molecule has 188 valence electrons. The molecule has 0 bridgehead atoms. The number of rotatable bonds is 11. The molecule has 1 aliphatic rings. The number of hydrogen-bond acceptors (Lipinski definition) is 5. The fourth-order valence-corrected chi connectivity index (χ4v) is 4.69. The Balaban J connectivity index is 1.24. The Bertz CT molecular complexity index is 1190. The molecule has 0 saturated heterocycles. The van der Waals surface area contributed by atoms with Crippen LogP contribution in [-0.2, 0) is 22.4 Å². The maximum absolute atomic E-state index is 13.0. The number of aryl methyl sites for hydroxylation is 2. The number of thiazole rings is 1. The minimum Gasteiger partial charge on any atom is -0.353 e. The van der Waals surface area contributed by atoms with Crippen LogP contribution in [0.25, 0.3) is 0 Å². The molecule has 1 fully saturated rings. The van der Waals surface area contributed by atoms with Gasteiger partial charge in [-0.15, -0.1) is 11.3 Å². The number of amides is 3. The van der Waals surface area contributed by atoms with Gasteiger partial charge >= 0.3 is 0 Å². The lowest BCUT2D eigenvalue weighted by atomic mass is 10.1. The Morgan fingerprint density at radius 3 is 2.47 bits per heavy atom. The second-order valence-corrected chi connectivity index (χ2v) is 10.3. The summed E-state index contributed by atoms with van der Waals surface area (Å²) >= 11 is 1.28. The minimum absolute atomic E-state index is 0.0221. The molecule has 1 unspecified atom stereocenters. The van der Waals surface area contributed by atoms with Gasteiger partial charge in [0, 0.05) is 23.0 Å². The topological polar surface area (TPSA) is 91.4 Å². The van der Waals surface area contributed by atoms with Gasteiger partial charge in [-0.05, 0) is 57.2 Å². The SMILES string of the molecule is Cc1ccc(C(=O)N(CC(=O)Nc2nc(CC(=O)NC(C)CCc3ccccc3)cs2)C2CC2)cc1. The smallest absolute Gasteiger partial charge is 0.254 e. The largest absolute Gasteiger partial charge is 0.353 e. The molecule has 0 aliphatic heterocycles. The highest BCUT2D eigenvalue weighted by Gasteiger charge is 2.34. The third-order valence-corrected chi connectivity index (χ3v) is 6.92. The molecular weight excluding hydrogens is 472 g/mol. The molecule has 1 aliphatic carbocycles. The Morgan fingerprint density at radius 2 is 1.78 bits per heavy atom. The van der Waals surface area contributed by atoms with E-state index in [1.807, 2.05) is 44.2 Å². The first-order chi connectivity index (χ1) is 17.4. The number of hydrogen-bond donors (Lipinski definition) is 2. The van der Waals surface area contributed by atoms with Crippen molar-refractivity contribution in [3.05, 3.63) is 82.4 Å². The summed E-state index contributed by atoms with van der Waals surface area (Å²) in [7, 11) is 0. The van der Waals surface area contributed by atoms with Crippen LogP contribution in [0.3, 0.4) is 0 Å². The lowest BCUT2D eigenvalue weighted by Crippen LogP contribution is -2.39. The van der Waals surface area contributed by atoms with E-state index in [1.54, 1.807) is 22.4 Å². The maximum Gasteiger partial charge on any atom is 0.254 e. The second kappa shape index (κ2) is 11.9. The van der Waals surface area contributed by atoms with Crippen LogP contribution in [-0.4, -0.2) is 46.2 Å². The normalized spacial score (nSPS) is 13.6. The van der Waals surface area contributed by atoms with Gasteiger partial charge in [0.15, 0.2) is 5.13 Å². The number of anilines is 1. The standard InChI is InChI=1S/C28H32N4O3S/c1-19-8-12-22(13-9-19)27(35)32(24-14-15-24)17-26(34)31-28-30-23(18-36-28)16-25(33)29-20(2)10-11-21-6-4-3-5-7-21/h3-9,12-13,18,20,24H,10-11,14-17H2,1-2H3,(H,29,33)(H,30,31,34). The number of carbonyl (C=O) groups is 3. The fourth-order valence-electron chi connectivity index (χ4n) is 3.96. The van der Waals surface area contributed by atoms with E-state index in [0.717, 1.165) is 31.2 Å². The molecule has 36 heavy (non-hydrogen) atoms. The summed E-state index contributed by atoms with van der Waals surface area (Å²) in [4.78, 5) is 44.1. The van der Waals surface area contributed by atoms with Crippen molar-refractivity contribution in [2.75, 3.05) is 11.9 Å². The van der Waals surface area contributed by atoms with Crippen molar-refractivity contribution in [2.24, 2.45) is 0 Å². The second-order valence-electron chi connectivity index (χ2n) is 9.39. The van der Waals surface area contributed by atoms with Crippen LogP contribution in [0.2, 0.25) is 0 Å². The summed E-state index contributed by atoms with van der Waals surface area (Å²) in [6.07, 6.45) is 3.73. The zero-order valence-corrected chi connectivity index (χ0v) is 21.5. The van der Waals surface area contributed by atoms with Crippen LogP contribution in [0, 0.1) is 6.92 Å². The van der Waals surface area contributed by atoms with Gasteiger partial charge in [0.25, 0.3) is 5.91 Å². The minimum atomic E-state index is -0.290. The van der Waals surface area contributed by atoms with Gasteiger partial charge < -0.3 is 15.5 Å². The third-order valence-electron chi connectivity index (χ3n) is 6.12. The lowest BCUT2D eigenvalue weighted by molar-refractivity contribution is -0.121. The zero-order chi connectivity index (χ0) is 25.5. The molecule has 1 aromatic heterocycles. The van der Waals surface area contributed by atoms with E-state index in [1.165, 1.54) is 16.9 Å². The van der Waals surface area contributed by atoms with Crippen LogP contribution >= 0.6 is 11.3 Å². The fraction of sp³-hybridized carbons (Fsp3) is 0.357. The highest BCUT2D eigenvalue weighted by atomic mass is 32.1. The predicted octanol–water partition coefficient (Wildman–Crippen LogP) is 4.37. The summed E-state index contributed by atoms with van der Waals surface area (Å²) in [5.74, 6) is -0.518. The number of nitrogens with zero attached hydrogens (tertiary/aromatic N) is 2. The first-order valence-electron chi connectivity index (χ1n) is 12.3. The molecule has 0 spiro atoms. The Labute approximate surface area is 215 Å². The number of nitrogens with one attached hydrogen (secondary N) is 2. The average Bonchev–Trinajstić information content (AvgIpc) is 3.62. The maximum atomic E-state index is 13.0. The molecule has 3 amide bonds. The van der Waals surface area contributed by atoms with Gasteiger partial charge in [0.1, 0.15) is 6.54 Å². The third kappa shape index (κ3) is 7.49. The van der Waals surface area contributed by atoms with Crippen molar-refractivity contribution in [2.45, 2.75) is 58.0 Å². The van der Waals surface area contributed by atoms with Gasteiger partial charge in [-0.2, -0.15) is 0 Å². The number of carbonyl (C=O) groups excluding carboxylic acids is 3. The van der Waals surface area contributed by atoms with Gasteiger partial charge in [0.2, 0.25) is 11.8 Å². The molecule has 1 heterocycles. The number of aromatic nitrogens is 1. The highest BCUT2D eigenvalue weighted by Crippen LogP contribution is 2.28. The molecule has 2 aromatic carbocycles. The molecule has 0 radical (unpaired) electrons. The van der Waals surface area contributed by atoms with Crippen molar-refractivity contribution >= 4 is 34.2 Å². The first-order valence-corrected chi connectivity index (χ1v) is 13.2. The summed E-state index contributed by atoms with van der Waals surface area (Å²) in [5, 5.41) is 8.01. The molecule has 2 N–H and O–H groups in total. The van der Waals surface area contributed by atoms with E-state index < -0.39 is 0 Å². The molecule has 8 heteroatoms. The Kier molecular flexibility index (Phi) is 8.48. The molecule has 1 saturated carbocycles. The number of benzene rings is 2. The summed E-state index contributed by atoms with van der Waals surface area (Å²) in [5.41, 5.74) is 3.52. The van der Waals surface area contributed by atoms with Crippen molar-refractivity contribution in [3.8, 4) is 0 Å². The van der Waals surface area contributed by atoms with Crippen molar-refractivity contribution < 1.29 is 14.4 Å². The van der Waals surface area contributed by atoms with Gasteiger partial charge in [-0.25, -0.2) is 4.98 Å². The summed E-state index contributed by atoms with van der Waals surface area (Å²) in [6, 6.07) is 17.7. The molecule has 7 nitrogen and oxygen atoms in total. The monoisotopic (exact) mass is 504 g/mol. The van der Waals surface area contributed by atoms with E-state index in [0.29, 0.717) is 16.4 Å². The molecular formula is C28H32N4O3S. The van der Waals surface area contributed by atoms with Gasteiger partial charge in [-0.3, -0.25) is 14.4 Å². The van der Waals surface area contributed by atoms with Crippen molar-refractivity contribution in [3.63, 3.8) is 0 Å². The van der Waals surface area contributed by atoms with Crippen LogP contribution in [0.15, 0.2) is 60.0 Å². The zero-order valence-electron chi connectivity index (χ0n) is 20.7. The Morgan fingerprint density at radius 1 is 1.06 bits per heavy atom. The molecule has 3 aromatic rings. The Hall–Kier alpha value is -3.52. The predicted molar refractivity (Wildman–Crippen MR) is 142 cm³/mol. The van der Waals surface area contributed by atoms with Crippen LogP contribution in [0.4, 0.5) is 5.13 Å². The van der Waals surface area contributed by atoms with E-state index in [9.17, 15) is 14.4 Å². The van der Waals surface area contributed by atoms with Crippen LogP contribution in [0.1, 0.15) is 53.4 Å². The van der Waals surface area contributed by atoms with E-state index in [2.05, 4.69) is 27.8 Å². The van der Waals surface area contributed by atoms with Crippen LogP contribution in [0.5, 0.6) is 0 Å².